The van der Waals surface area contributed by atoms with Gasteiger partial charge in [0.1, 0.15) is 0 Å². The summed E-state index contributed by atoms with van der Waals surface area (Å²) in [6.07, 6.45) is -4.27. The second-order valence-corrected chi connectivity index (χ2v) is 5.98. The molecule has 0 spiro atoms. The lowest BCUT2D eigenvalue weighted by atomic mass is 10.6. The van der Waals surface area contributed by atoms with E-state index in [1.807, 2.05) is 0 Å². The second-order valence-electron chi connectivity index (χ2n) is 3.08. The van der Waals surface area contributed by atoms with E-state index in [0.29, 0.717) is 6.26 Å². The molecule has 19 heavy (non-hydrogen) atoms. The average Bonchev–Trinajstić information content (AvgIpc) is 2.20. The SMILES string of the molecule is CCO[P+](=O)C(OS(C)(=O)=O)C(=O)OCC(F)(F)F. The lowest BCUT2D eigenvalue weighted by Gasteiger charge is -2.09. The fraction of sp³-hybridized carbons (Fsp3) is 0.857. The van der Waals surface area contributed by atoms with Gasteiger partial charge < -0.3 is 4.74 Å². The van der Waals surface area contributed by atoms with Gasteiger partial charge in [0.15, 0.2) is 6.61 Å². The van der Waals surface area contributed by atoms with Gasteiger partial charge in [-0.2, -0.15) is 21.6 Å². The topological polar surface area (TPSA) is 96.0 Å². The third kappa shape index (κ3) is 8.87. The summed E-state index contributed by atoms with van der Waals surface area (Å²) >= 11 is 0. The van der Waals surface area contributed by atoms with Gasteiger partial charge in [-0.1, -0.05) is 0 Å². The summed E-state index contributed by atoms with van der Waals surface area (Å²) in [6, 6.07) is 0. The molecule has 0 aromatic heterocycles. The first-order chi connectivity index (χ1) is 8.46. The van der Waals surface area contributed by atoms with E-state index < -0.39 is 42.7 Å². The lowest BCUT2D eigenvalue weighted by molar-refractivity contribution is -0.188. The predicted octanol–water partition coefficient (Wildman–Crippen LogP) is 1.17. The highest BCUT2D eigenvalue weighted by molar-refractivity contribution is 7.86. The molecule has 7 nitrogen and oxygen atoms in total. The van der Waals surface area contributed by atoms with Crippen LogP contribution in [0.5, 0.6) is 0 Å². The lowest BCUT2D eigenvalue weighted by Crippen LogP contribution is -2.30. The van der Waals surface area contributed by atoms with Gasteiger partial charge in [0, 0.05) is 0 Å². The predicted molar refractivity (Wildman–Crippen MR) is 56.0 cm³/mol. The Morgan fingerprint density at radius 2 is 1.89 bits per heavy atom. The summed E-state index contributed by atoms with van der Waals surface area (Å²) < 4.78 is 80.8. The summed E-state index contributed by atoms with van der Waals surface area (Å²) in [5, 5.41) is 0. The molecule has 0 aromatic carbocycles. The molecule has 12 heteroatoms. The number of hydrogen-bond donors (Lipinski definition) is 0. The molecule has 0 radical (unpaired) electrons. The fourth-order valence-electron chi connectivity index (χ4n) is 0.745. The van der Waals surface area contributed by atoms with Gasteiger partial charge in [0.05, 0.1) is 12.9 Å². The van der Waals surface area contributed by atoms with Crippen molar-refractivity contribution < 1.29 is 44.4 Å². The quantitative estimate of drug-likeness (QED) is 0.393. The maximum Gasteiger partial charge on any atom is 0.554 e. The minimum absolute atomic E-state index is 0.161. The van der Waals surface area contributed by atoms with Gasteiger partial charge in [0.2, 0.25) is 0 Å². The molecule has 0 saturated carbocycles. The van der Waals surface area contributed by atoms with Crippen molar-refractivity contribution in [1.82, 2.24) is 0 Å². The van der Waals surface area contributed by atoms with Crippen LogP contribution >= 0.6 is 8.03 Å². The largest absolute Gasteiger partial charge is 0.554 e. The number of ether oxygens (including phenoxy) is 1. The highest BCUT2D eigenvalue weighted by Gasteiger charge is 2.46. The van der Waals surface area contributed by atoms with Gasteiger partial charge in [-0.15, -0.1) is 4.52 Å². The van der Waals surface area contributed by atoms with Gasteiger partial charge in [0.25, 0.3) is 10.1 Å². The van der Waals surface area contributed by atoms with E-state index in [1.54, 1.807) is 0 Å². The zero-order valence-corrected chi connectivity index (χ0v) is 11.5. The van der Waals surface area contributed by atoms with Gasteiger partial charge in [-0.25, -0.2) is 8.98 Å². The number of carbonyl (C=O) groups is 1. The van der Waals surface area contributed by atoms with E-state index in [1.165, 1.54) is 6.92 Å². The van der Waals surface area contributed by atoms with Gasteiger partial charge in [-0.3, -0.25) is 0 Å². The number of halogens is 3. The molecular weight excluding hydrogens is 316 g/mol. The Morgan fingerprint density at radius 3 is 2.26 bits per heavy atom. The first kappa shape index (κ1) is 18.2. The number of alkyl halides is 3. The van der Waals surface area contributed by atoms with Crippen LogP contribution in [-0.2, 0) is 32.9 Å². The first-order valence-corrected chi connectivity index (χ1v) is 7.73. The Hall–Kier alpha value is -0.770. The monoisotopic (exact) mass is 327 g/mol. The van der Waals surface area contributed by atoms with Crippen molar-refractivity contribution in [3.05, 3.63) is 0 Å². The van der Waals surface area contributed by atoms with E-state index in [4.69, 9.17) is 0 Å². The van der Waals surface area contributed by atoms with E-state index in [-0.39, 0.29) is 6.61 Å². The molecule has 0 aliphatic carbocycles. The second kappa shape index (κ2) is 7.13. The van der Waals surface area contributed by atoms with Gasteiger partial charge >= 0.3 is 26.0 Å². The number of esters is 1. The van der Waals surface area contributed by atoms with E-state index in [2.05, 4.69) is 13.4 Å². The summed E-state index contributed by atoms with van der Waals surface area (Å²) in [4.78, 5) is 11.2. The molecule has 0 saturated heterocycles. The van der Waals surface area contributed by atoms with Crippen LogP contribution in [0.2, 0.25) is 0 Å². The Labute approximate surface area is 108 Å². The van der Waals surface area contributed by atoms with E-state index in [9.17, 15) is 30.9 Å². The summed E-state index contributed by atoms with van der Waals surface area (Å²) in [7, 11) is -7.22. The number of rotatable bonds is 7. The maximum absolute atomic E-state index is 11.8. The molecule has 0 N–H and O–H groups in total. The van der Waals surface area contributed by atoms with Crippen molar-refractivity contribution in [2.75, 3.05) is 19.5 Å². The maximum atomic E-state index is 11.8. The van der Waals surface area contributed by atoms with Crippen molar-refractivity contribution in [3.63, 3.8) is 0 Å². The smallest absolute Gasteiger partial charge is 0.451 e. The highest BCUT2D eigenvalue weighted by atomic mass is 32.2. The Kier molecular flexibility index (Phi) is 6.84. The first-order valence-electron chi connectivity index (χ1n) is 4.67. The van der Waals surface area contributed by atoms with Crippen LogP contribution < -0.4 is 0 Å². The third-order valence-corrected chi connectivity index (χ3v) is 3.19. The molecule has 0 aliphatic heterocycles. The minimum Gasteiger partial charge on any atom is -0.451 e. The average molecular weight is 327 g/mol. The Balaban J connectivity index is 4.83. The van der Waals surface area contributed by atoms with Crippen molar-refractivity contribution in [2.45, 2.75) is 18.9 Å². The van der Waals surface area contributed by atoms with Crippen molar-refractivity contribution in [2.24, 2.45) is 0 Å². The normalized spacial score (nSPS) is 14.9. The van der Waals surface area contributed by atoms with Crippen LogP contribution in [0.4, 0.5) is 13.2 Å². The molecule has 0 heterocycles. The molecule has 2 unspecified atom stereocenters. The molecule has 0 rings (SSSR count). The Bertz CT molecular complexity index is 432. The van der Waals surface area contributed by atoms with Crippen LogP contribution in [-0.4, -0.2) is 45.9 Å². The van der Waals surface area contributed by atoms with E-state index in [0.717, 1.165) is 0 Å². The van der Waals surface area contributed by atoms with E-state index >= 15 is 0 Å². The van der Waals surface area contributed by atoms with Crippen molar-refractivity contribution in [3.8, 4) is 0 Å². The third-order valence-electron chi connectivity index (χ3n) is 1.29. The highest BCUT2D eigenvalue weighted by Crippen LogP contribution is 2.32. The van der Waals surface area contributed by atoms with Crippen molar-refractivity contribution in [1.29, 1.82) is 0 Å². The fourth-order valence-corrected chi connectivity index (χ4v) is 2.54. The molecular formula is C7H11F3O7PS+. The zero-order valence-electron chi connectivity index (χ0n) is 9.84. The number of carbonyl (C=O) groups excluding carboxylic acids is 1. The van der Waals surface area contributed by atoms with Crippen LogP contribution in [0.15, 0.2) is 0 Å². The number of hydrogen-bond acceptors (Lipinski definition) is 7. The summed E-state index contributed by atoms with van der Waals surface area (Å²) in [6.45, 7) is -0.734. The van der Waals surface area contributed by atoms with Crippen LogP contribution in [0.1, 0.15) is 6.92 Å². The molecule has 0 aromatic rings. The molecule has 0 fully saturated rings. The molecule has 0 bridgehead atoms. The van der Waals surface area contributed by atoms with Crippen LogP contribution in [0.25, 0.3) is 0 Å². The Morgan fingerprint density at radius 1 is 1.37 bits per heavy atom. The molecule has 112 valence electrons. The zero-order chi connectivity index (χ0) is 15.3. The molecule has 2 atom stereocenters. The summed E-state index contributed by atoms with van der Waals surface area (Å²) in [5.74, 6) is -4.01. The van der Waals surface area contributed by atoms with Gasteiger partial charge in [-0.05, 0) is 11.5 Å². The molecule has 0 amide bonds. The van der Waals surface area contributed by atoms with Crippen LogP contribution in [0, 0.1) is 0 Å². The minimum atomic E-state index is -4.80. The van der Waals surface area contributed by atoms with Crippen molar-refractivity contribution >= 4 is 24.1 Å². The summed E-state index contributed by atoms with van der Waals surface area (Å²) in [5.41, 5.74) is 0. The standard InChI is InChI=1S/C7H11F3O7PS/c1-3-16-18(12)6(17-19(2,13)14)5(11)15-4-7(8,9)10/h6H,3-4H2,1-2H3/q+1. The molecule has 0 aliphatic rings. The van der Waals surface area contributed by atoms with Crippen LogP contribution in [0.3, 0.4) is 0 Å².